The van der Waals surface area contributed by atoms with Gasteiger partial charge in [0, 0.05) is 24.5 Å². The van der Waals surface area contributed by atoms with Gasteiger partial charge in [-0.05, 0) is 31.0 Å². The third-order valence-electron chi connectivity index (χ3n) is 3.24. The Morgan fingerprint density at radius 3 is 2.85 bits per heavy atom. The van der Waals surface area contributed by atoms with Crippen LogP contribution in [0.2, 0.25) is 0 Å². The van der Waals surface area contributed by atoms with Gasteiger partial charge in [0.2, 0.25) is 0 Å². The molecule has 4 heteroatoms. The number of rotatable bonds is 5. The van der Waals surface area contributed by atoms with E-state index in [4.69, 9.17) is 4.74 Å². The number of pyridine rings is 1. The van der Waals surface area contributed by atoms with E-state index in [0.29, 0.717) is 12.3 Å². The highest BCUT2D eigenvalue weighted by Gasteiger charge is 2.31. The molecule has 0 unspecified atom stereocenters. The van der Waals surface area contributed by atoms with Crippen LogP contribution in [-0.2, 0) is 11.3 Å². The molecule has 1 aliphatic rings. The number of carbonyl (C=O) groups is 1. The number of aromatic nitrogens is 1. The SMILES string of the molecule is O=C(Oc1ccccc1CNc1cccnc1)C1CC1. The second-order valence-corrected chi connectivity index (χ2v) is 4.90. The summed E-state index contributed by atoms with van der Waals surface area (Å²) in [5.41, 5.74) is 1.90. The fourth-order valence-corrected chi connectivity index (χ4v) is 1.92. The van der Waals surface area contributed by atoms with Gasteiger partial charge in [0.05, 0.1) is 11.6 Å². The van der Waals surface area contributed by atoms with Gasteiger partial charge >= 0.3 is 5.97 Å². The minimum atomic E-state index is -0.112. The third-order valence-corrected chi connectivity index (χ3v) is 3.24. The van der Waals surface area contributed by atoms with Crippen molar-refractivity contribution in [2.75, 3.05) is 5.32 Å². The molecule has 3 rings (SSSR count). The van der Waals surface area contributed by atoms with Crippen molar-refractivity contribution < 1.29 is 9.53 Å². The monoisotopic (exact) mass is 268 g/mol. The fraction of sp³-hybridized carbons (Fsp3) is 0.250. The molecule has 1 heterocycles. The number of nitrogens with zero attached hydrogens (tertiary/aromatic N) is 1. The molecule has 1 fully saturated rings. The standard InChI is InChI=1S/C16H16N2O2/c19-16(12-7-8-12)20-15-6-2-1-4-13(15)10-18-14-5-3-9-17-11-14/h1-6,9,11-12,18H,7-8,10H2. The maximum absolute atomic E-state index is 11.7. The van der Waals surface area contributed by atoms with Crippen molar-refractivity contribution in [1.29, 1.82) is 0 Å². The number of para-hydroxylation sites is 1. The first kappa shape index (κ1) is 12.7. The van der Waals surface area contributed by atoms with Crippen LogP contribution in [0.5, 0.6) is 5.75 Å². The first-order valence-corrected chi connectivity index (χ1v) is 6.76. The first-order valence-electron chi connectivity index (χ1n) is 6.76. The van der Waals surface area contributed by atoms with Crippen molar-refractivity contribution in [3.05, 3.63) is 54.4 Å². The summed E-state index contributed by atoms with van der Waals surface area (Å²) >= 11 is 0. The normalized spacial score (nSPS) is 13.8. The smallest absolute Gasteiger partial charge is 0.314 e. The van der Waals surface area contributed by atoms with Crippen molar-refractivity contribution in [1.82, 2.24) is 4.98 Å². The van der Waals surface area contributed by atoms with Gasteiger partial charge in [0.15, 0.2) is 0 Å². The number of anilines is 1. The maximum atomic E-state index is 11.7. The lowest BCUT2D eigenvalue weighted by Gasteiger charge is -2.11. The lowest BCUT2D eigenvalue weighted by Crippen LogP contribution is -2.12. The molecule has 0 spiro atoms. The van der Waals surface area contributed by atoms with E-state index in [1.165, 1.54) is 0 Å². The van der Waals surface area contributed by atoms with Gasteiger partial charge < -0.3 is 10.1 Å². The number of nitrogens with one attached hydrogen (secondary N) is 1. The van der Waals surface area contributed by atoms with E-state index in [9.17, 15) is 4.79 Å². The zero-order valence-electron chi connectivity index (χ0n) is 11.1. The van der Waals surface area contributed by atoms with E-state index in [0.717, 1.165) is 24.1 Å². The molecule has 1 saturated carbocycles. The molecule has 0 aliphatic heterocycles. The van der Waals surface area contributed by atoms with Gasteiger partial charge in [-0.1, -0.05) is 18.2 Å². The summed E-state index contributed by atoms with van der Waals surface area (Å²) < 4.78 is 5.46. The van der Waals surface area contributed by atoms with Crippen molar-refractivity contribution in [2.45, 2.75) is 19.4 Å². The van der Waals surface area contributed by atoms with E-state index in [2.05, 4.69) is 10.3 Å². The van der Waals surface area contributed by atoms with Crippen molar-refractivity contribution >= 4 is 11.7 Å². The topological polar surface area (TPSA) is 51.2 Å². The van der Waals surface area contributed by atoms with E-state index in [1.807, 2.05) is 36.4 Å². The van der Waals surface area contributed by atoms with E-state index in [1.54, 1.807) is 12.4 Å². The second-order valence-electron chi connectivity index (χ2n) is 4.90. The number of esters is 1. The molecule has 2 aromatic rings. The molecular weight excluding hydrogens is 252 g/mol. The molecule has 0 atom stereocenters. The van der Waals surface area contributed by atoms with Crippen molar-refractivity contribution in [2.24, 2.45) is 5.92 Å². The van der Waals surface area contributed by atoms with Crippen molar-refractivity contribution in [3.63, 3.8) is 0 Å². The van der Waals surface area contributed by atoms with Gasteiger partial charge in [-0.15, -0.1) is 0 Å². The molecule has 1 aromatic carbocycles. The van der Waals surface area contributed by atoms with Gasteiger partial charge in [0.1, 0.15) is 5.75 Å². The number of hydrogen-bond donors (Lipinski definition) is 1. The van der Waals surface area contributed by atoms with Crippen LogP contribution in [-0.4, -0.2) is 11.0 Å². The highest BCUT2D eigenvalue weighted by molar-refractivity contribution is 5.77. The molecule has 102 valence electrons. The summed E-state index contributed by atoms with van der Waals surface area (Å²) in [6, 6.07) is 11.4. The van der Waals surface area contributed by atoms with Crippen LogP contribution in [0.25, 0.3) is 0 Å². The minimum absolute atomic E-state index is 0.106. The predicted octanol–water partition coefficient (Wildman–Crippen LogP) is 3.01. The Balaban J connectivity index is 1.67. The molecule has 0 saturated heterocycles. The average Bonchev–Trinajstić information content (AvgIpc) is 3.32. The highest BCUT2D eigenvalue weighted by atomic mass is 16.5. The Kier molecular flexibility index (Phi) is 3.63. The lowest BCUT2D eigenvalue weighted by molar-refractivity contribution is -0.135. The van der Waals surface area contributed by atoms with Gasteiger partial charge in [-0.3, -0.25) is 9.78 Å². The highest BCUT2D eigenvalue weighted by Crippen LogP contribution is 2.31. The van der Waals surface area contributed by atoms with Gasteiger partial charge in [-0.25, -0.2) is 0 Å². The summed E-state index contributed by atoms with van der Waals surface area (Å²) in [5.74, 6) is 0.633. The Morgan fingerprint density at radius 2 is 2.10 bits per heavy atom. The summed E-state index contributed by atoms with van der Waals surface area (Å²) in [5, 5.41) is 3.27. The summed E-state index contributed by atoms with van der Waals surface area (Å²) in [6.45, 7) is 0.597. The fourth-order valence-electron chi connectivity index (χ4n) is 1.92. The van der Waals surface area contributed by atoms with Crippen LogP contribution in [0.1, 0.15) is 18.4 Å². The van der Waals surface area contributed by atoms with Crippen LogP contribution < -0.4 is 10.1 Å². The summed E-state index contributed by atoms with van der Waals surface area (Å²) in [7, 11) is 0. The maximum Gasteiger partial charge on any atom is 0.314 e. The molecule has 1 N–H and O–H groups in total. The number of benzene rings is 1. The quantitative estimate of drug-likeness (QED) is 0.669. The minimum Gasteiger partial charge on any atom is -0.426 e. The largest absolute Gasteiger partial charge is 0.426 e. The second kappa shape index (κ2) is 5.74. The van der Waals surface area contributed by atoms with E-state index < -0.39 is 0 Å². The van der Waals surface area contributed by atoms with E-state index in [-0.39, 0.29) is 11.9 Å². The summed E-state index contributed by atoms with van der Waals surface area (Å²) in [4.78, 5) is 15.8. The molecule has 4 nitrogen and oxygen atoms in total. The Labute approximate surface area is 117 Å². The first-order chi connectivity index (χ1) is 9.83. The van der Waals surface area contributed by atoms with Crippen molar-refractivity contribution in [3.8, 4) is 5.75 Å². The summed E-state index contributed by atoms with van der Waals surface area (Å²) in [6.07, 6.45) is 5.40. The Bertz CT molecular complexity index is 594. The number of ether oxygens (including phenoxy) is 1. The average molecular weight is 268 g/mol. The van der Waals surface area contributed by atoms with Gasteiger partial charge in [-0.2, -0.15) is 0 Å². The van der Waals surface area contributed by atoms with Crippen LogP contribution in [0.15, 0.2) is 48.8 Å². The molecule has 0 radical (unpaired) electrons. The van der Waals surface area contributed by atoms with Crippen LogP contribution >= 0.6 is 0 Å². The van der Waals surface area contributed by atoms with Crippen LogP contribution in [0.3, 0.4) is 0 Å². The van der Waals surface area contributed by atoms with E-state index >= 15 is 0 Å². The molecule has 0 amide bonds. The molecule has 0 bridgehead atoms. The van der Waals surface area contributed by atoms with Crippen LogP contribution in [0, 0.1) is 5.92 Å². The number of carbonyl (C=O) groups excluding carboxylic acids is 1. The van der Waals surface area contributed by atoms with Crippen LogP contribution in [0.4, 0.5) is 5.69 Å². The zero-order valence-corrected chi connectivity index (χ0v) is 11.1. The number of hydrogen-bond acceptors (Lipinski definition) is 4. The Morgan fingerprint density at radius 1 is 1.25 bits per heavy atom. The Hall–Kier alpha value is -2.36. The lowest BCUT2D eigenvalue weighted by atomic mass is 10.2. The molecule has 1 aromatic heterocycles. The molecule has 1 aliphatic carbocycles. The third kappa shape index (κ3) is 3.15. The zero-order chi connectivity index (χ0) is 13.8. The predicted molar refractivity (Wildman–Crippen MR) is 76.4 cm³/mol. The molecular formula is C16H16N2O2. The molecule has 20 heavy (non-hydrogen) atoms. The van der Waals surface area contributed by atoms with Gasteiger partial charge in [0.25, 0.3) is 0 Å².